The number of imidazole rings is 1. The summed E-state index contributed by atoms with van der Waals surface area (Å²) >= 11 is 1.35. The number of carbonyl (C=O) groups is 1. The lowest BCUT2D eigenvalue weighted by atomic mass is 10.3. The van der Waals surface area contributed by atoms with Gasteiger partial charge in [0.05, 0.1) is 30.1 Å². The van der Waals surface area contributed by atoms with E-state index in [-0.39, 0.29) is 5.91 Å². The van der Waals surface area contributed by atoms with Crippen molar-refractivity contribution in [3.8, 4) is 17.1 Å². The Morgan fingerprint density at radius 1 is 1.08 bits per heavy atom. The molecule has 8 heteroatoms. The van der Waals surface area contributed by atoms with Crippen LogP contribution in [0.1, 0.15) is 16.2 Å². The molecule has 1 amide bonds. The zero-order valence-corrected chi connectivity index (χ0v) is 14.6. The number of nitrogens with zero attached hydrogens (tertiary/aromatic N) is 5. The van der Waals surface area contributed by atoms with E-state index in [4.69, 9.17) is 0 Å². The summed E-state index contributed by atoms with van der Waals surface area (Å²) in [6, 6.07) is 9.42. The van der Waals surface area contributed by atoms with E-state index < -0.39 is 0 Å². The smallest absolute Gasteiger partial charge is 0.276 e. The van der Waals surface area contributed by atoms with Gasteiger partial charge in [0.1, 0.15) is 11.4 Å². The van der Waals surface area contributed by atoms with Crippen LogP contribution in [0, 0.1) is 6.92 Å². The fourth-order valence-electron chi connectivity index (χ4n) is 2.46. The average Bonchev–Trinajstić information content (AvgIpc) is 3.32. The molecule has 0 bridgehead atoms. The second-order valence-corrected chi connectivity index (χ2v) is 6.37. The summed E-state index contributed by atoms with van der Waals surface area (Å²) in [6.45, 7) is 1.93. The molecule has 4 aromatic heterocycles. The zero-order valence-electron chi connectivity index (χ0n) is 13.8. The molecule has 0 aliphatic carbocycles. The number of pyridine rings is 2. The van der Waals surface area contributed by atoms with Gasteiger partial charge in [0.2, 0.25) is 0 Å². The summed E-state index contributed by atoms with van der Waals surface area (Å²) in [7, 11) is 0. The Morgan fingerprint density at radius 3 is 2.81 bits per heavy atom. The molecule has 1 N–H and O–H groups in total. The second-order valence-electron chi connectivity index (χ2n) is 5.52. The molecular weight excluding hydrogens is 348 g/mol. The van der Waals surface area contributed by atoms with Gasteiger partial charge in [-0.25, -0.2) is 9.97 Å². The van der Waals surface area contributed by atoms with Crippen LogP contribution in [0.3, 0.4) is 0 Å². The van der Waals surface area contributed by atoms with Gasteiger partial charge in [-0.3, -0.25) is 24.6 Å². The van der Waals surface area contributed by atoms with Gasteiger partial charge in [0.25, 0.3) is 5.91 Å². The van der Waals surface area contributed by atoms with Crippen molar-refractivity contribution in [3.05, 3.63) is 72.0 Å². The maximum Gasteiger partial charge on any atom is 0.276 e. The first-order chi connectivity index (χ1) is 12.7. The van der Waals surface area contributed by atoms with Crippen LogP contribution < -0.4 is 5.32 Å². The number of nitrogens with one attached hydrogen (secondary N) is 1. The van der Waals surface area contributed by atoms with E-state index in [1.165, 1.54) is 17.5 Å². The SMILES string of the molecule is Cc1cccc(-c2csc(NC(=O)c3cncn3-c3cccnc3)n2)n1. The molecule has 0 spiro atoms. The van der Waals surface area contributed by atoms with Crippen molar-refractivity contribution in [1.29, 1.82) is 0 Å². The minimum atomic E-state index is -0.288. The predicted molar refractivity (Wildman–Crippen MR) is 99.4 cm³/mol. The Hall–Kier alpha value is -3.39. The minimum absolute atomic E-state index is 0.288. The molecule has 4 rings (SSSR count). The van der Waals surface area contributed by atoms with Crippen molar-refractivity contribution in [2.75, 3.05) is 5.32 Å². The first kappa shape index (κ1) is 16.1. The molecule has 128 valence electrons. The Morgan fingerprint density at radius 2 is 2.00 bits per heavy atom. The van der Waals surface area contributed by atoms with Crippen molar-refractivity contribution in [3.63, 3.8) is 0 Å². The number of thiazole rings is 1. The molecule has 0 aromatic carbocycles. The summed E-state index contributed by atoms with van der Waals surface area (Å²) in [4.78, 5) is 29.7. The summed E-state index contributed by atoms with van der Waals surface area (Å²) in [5, 5.41) is 5.20. The molecule has 0 unspecified atom stereocenters. The van der Waals surface area contributed by atoms with Gasteiger partial charge in [-0.05, 0) is 31.2 Å². The monoisotopic (exact) mass is 362 g/mol. The number of hydrogen-bond donors (Lipinski definition) is 1. The molecule has 0 saturated carbocycles. The van der Waals surface area contributed by atoms with Crippen LogP contribution in [0.4, 0.5) is 5.13 Å². The molecule has 0 saturated heterocycles. The summed E-state index contributed by atoms with van der Waals surface area (Å²) in [6.07, 6.45) is 6.44. The standard InChI is InChI=1S/C18H14N6OS/c1-12-4-2-6-14(21-12)15-10-26-18(22-15)23-17(25)16-9-20-11-24(16)13-5-3-7-19-8-13/h2-11H,1H3,(H,22,23,25). The minimum Gasteiger partial charge on any atom is -0.296 e. The van der Waals surface area contributed by atoms with Crippen LogP contribution in [0.2, 0.25) is 0 Å². The van der Waals surface area contributed by atoms with E-state index >= 15 is 0 Å². The van der Waals surface area contributed by atoms with E-state index in [2.05, 4.69) is 25.3 Å². The third kappa shape index (κ3) is 3.22. The Balaban J connectivity index is 1.56. The number of hydrogen-bond acceptors (Lipinski definition) is 6. The highest BCUT2D eigenvalue weighted by atomic mass is 32.1. The highest BCUT2D eigenvalue weighted by molar-refractivity contribution is 7.14. The summed E-state index contributed by atoms with van der Waals surface area (Å²) < 4.78 is 1.68. The number of aryl methyl sites for hydroxylation is 1. The van der Waals surface area contributed by atoms with E-state index in [9.17, 15) is 4.79 Å². The first-order valence-corrected chi connectivity index (χ1v) is 8.72. The lowest BCUT2D eigenvalue weighted by Crippen LogP contribution is -2.16. The van der Waals surface area contributed by atoms with Crippen molar-refractivity contribution < 1.29 is 4.79 Å². The van der Waals surface area contributed by atoms with Gasteiger partial charge in [-0.2, -0.15) is 0 Å². The van der Waals surface area contributed by atoms with Gasteiger partial charge in [-0.1, -0.05) is 6.07 Å². The number of amides is 1. The predicted octanol–water partition coefficient (Wildman–Crippen LogP) is 3.35. The van der Waals surface area contributed by atoms with E-state index in [1.807, 2.05) is 36.6 Å². The molecule has 0 radical (unpaired) electrons. The maximum atomic E-state index is 12.6. The van der Waals surface area contributed by atoms with Crippen LogP contribution in [0.15, 0.2) is 60.6 Å². The molecular formula is C18H14N6OS. The fraction of sp³-hybridized carbons (Fsp3) is 0.0556. The van der Waals surface area contributed by atoms with E-state index in [0.717, 1.165) is 22.8 Å². The number of carbonyl (C=O) groups excluding carboxylic acids is 1. The largest absolute Gasteiger partial charge is 0.296 e. The summed E-state index contributed by atoms with van der Waals surface area (Å²) in [5.41, 5.74) is 3.60. The molecule has 0 aliphatic rings. The van der Waals surface area contributed by atoms with Crippen molar-refractivity contribution in [2.45, 2.75) is 6.92 Å². The lowest BCUT2D eigenvalue weighted by molar-refractivity contribution is 0.102. The number of rotatable bonds is 4. The van der Waals surface area contributed by atoms with Crippen LogP contribution in [-0.4, -0.2) is 30.4 Å². The quantitative estimate of drug-likeness (QED) is 0.602. The zero-order chi connectivity index (χ0) is 17.9. The first-order valence-electron chi connectivity index (χ1n) is 7.84. The molecule has 26 heavy (non-hydrogen) atoms. The van der Waals surface area contributed by atoms with Gasteiger partial charge in [0, 0.05) is 17.3 Å². The van der Waals surface area contributed by atoms with E-state index in [0.29, 0.717) is 10.8 Å². The Kier molecular flexibility index (Phi) is 4.24. The molecule has 7 nitrogen and oxygen atoms in total. The lowest BCUT2D eigenvalue weighted by Gasteiger charge is -2.06. The van der Waals surface area contributed by atoms with Gasteiger partial charge in [0.15, 0.2) is 5.13 Å². The topological polar surface area (TPSA) is 85.6 Å². The molecule has 4 heterocycles. The average molecular weight is 362 g/mol. The van der Waals surface area contributed by atoms with E-state index in [1.54, 1.807) is 29.4 Å². The van der Waals surface area contributed by atoms with Crippen molar-refractivity contribution >= 4 is 22.4 Å². The van der Waals surface area contributed by atoms with Crippen LogP contribution >= 0.6 is 11.3 Å². The number of aromatic nitrogens is 5. The van der Waals surface area contributed by atoms with Gasteiger partial charge >= 0.3 is 0 Å². The van der Waals surface area contributed by atoms with Gasteiger partial charge < -0.3 is 0 Å². The third-order valence-electron chi connectivity index (χ3n) is 3.67. The second kappa shape index (κ2) is 6.85. The molecule has 0 fully saturated rings. The fourth-order valence-corrected chi connectivity index (χ4v) is 3.16. The summed E-state index contributed by atoms with van der Waals surface area (Å²) in [5.74, 6) is -0.288. The van der Waals surface area contributed by atoms with Crippen LogP contribution in [0.25, 0.3) is 17.1 Å². The Labute approximate surface area is 153 Å². The van der Waals surface area contributed by atoms with Crippen molar-refractivity contribution in [2.24, 2.45) is 0 Å². The van der Waals surface area contributed by atoms with Crippen LogP contribution in [-0.2, 0) is 0 Å². The highest BCUT2D eigenvalue weighted by Gasteiger charge is 2.15. The number of anilines is 1. The van der Waals surface area contributed by atoms with Gasteiger partial charge in [-0.15, -0.1) is 11.3 Å². The molecule has 4 aromatic rings. The Bertz CT molecular complexity index is 1060. The molecule has 0 aliphatic heterocycles. The van der Waals surface area contributed by atoms with Crippen molar-refractivity contribution in [1.82, 2.24) is 24.5 Å². The highest BCUT2D eigenvalue weighted by Crippen LogP contribution is 2.24. The third-order valence-corrected chi connectivity index (χ3v) is 4.43. The maximum absolute atomic E-state index is 12.6. The molecule has 0 atom stereocenters. The van der Waals surface area contributed by atoms with Crippen LogP contribution in [0.5, 0.6) is 0 Å². The normalized spacial score (nSPS) is 10.7.